The van der Waals surface area contributed by atoms with E-state index in [0.717, 1.165) is 51.4 Å². The molecule has 0 aromatic rings. The fraction of sp³-hybridized carbons (Fsp3) is 0.967. The molecule has 4 aliphatic rings. The number of nitrogens with zero attached hydrogens (tertiary/aromatic N) is 2. The summed E-state index contributed by atoms with van der Waals surface area (Å²) in [5, 5.41) is 45.3. The number of aliphatic hydroxyl groups is 3. The molecule has 0 saturated heterocycles. The van der Waals surface area contributed by atoms with E-state index in [1.807, 2.05) is 7.05 Å². The van der Waals surface area contributed by atoms with Crippen LogP contribution in [0.15, 0.2) is 0 Å². The maximum atomic E-state index is 12.8. The van der Waals surface area contributed by atoms with Gasteiger partial charge in [0, 0.05) is 26.4 Å². The monoisotopic (exact) mass is 522 g/mol. The zero-order valence-electron chi connectivity index (χ0n) is 24.2. The number of aliphatic hydroxyl groups excluding tert-OH is 3. The summed E-state index contributed by atoms with van der Waals surface area (Å²) in [5.74, 6) is 1.97. The lowest BCUT2D eigenvalue weighted by Crippen LogP contribution is -2.62. The number of amides is 1. The lowest BCUT2D eigenvalue weighted by atomic mass is 9.43. The van der Waals surface area contributed by atoms with Gasteiger partial charge in [-0.2, -0.15) is 0 Å². The van der Waals surface area contributed by atoms with Crippen LogP contribution in [0.1, 0.15) is 85.0 Å². The van der Waals surface area contributed by atoms with Gasteiger partial charge in [0.1, 0.15) is 0 Å². The van der Waals surface area contributed by atoms with Crippen molar-refractivity contribution in [1.82, 2.24) is 4.90 Å². The van der Waals surface area contributed by atoms with Gasteiger partial charge < -0.3 is 30.1 Å². The standard InChI is InChI=1S/C30H54N2O5/c1-19(8-11-27(36)31(4)14-7-15-32(5,6)37)22-9-10-23-28-24(18-26(35)30(22,23)3)29(2)13-12-21(33)16-20(29)17-25(28)34/h19-26,28,33-35H,7-18H2,1-6H3/t19-,20+,21-,22-,23?,24+,25-,26+,28+,29+,30-/m1/s1. The van der Waals surface area contributed by atoms with Crippen molar-refractivity contribution in [3.63, 3.8) is 0 Å². The lowest BCUT2D eigenvalue weighted by molar-refractivity contribution is -0.840. The topological polar surface area (TPSA) is 104 Å². The number of fused-ring (bicyclic) bond motifs is 5. The van der Waals surface area contributed by atoms with Crippen molar-refractivity contribution in [3.8, 4) is 0 Å². The molecule has 0 spiro atoms. The first-order chi connectivity index (χ1) is 17.2. The lowest BCUT2D eigenvalue weighted by Gasteiger charge is -2.63. The van der Waals surface area contributed by atoms with E-state index >= 15 is 0 Å². The molecule has 4 saturated carbocycles. The number of quaternary nitrogens is 1. The number of carbonyl (C=O) groups excluding carboxylic acids is 1. The van der Waals surface area contributed by atoms with E-state index in [2.05, 4.69) is 20.8 Å². The van der Waals surface area contributed by atoms with Crippen molar-refractivity contribution in [3.05, 3.63) is 5.21 Å². The van der Waals surface area contributed by atoms with Gasteiger partial charge in [0.05, 0.1) is 39.0 Å². The first-order valence-corrected chi connectivity index (χ1v) is 15.0. The Hall–Kier alpha value is -0.730. The van der Waals surface area contributed by atoms with E-state index in [4.69, 9.17) is 0 Å². The van der Waals surface area contributed by atoms with E-state index in [0.29, 0.717) is 55.5 Å². The maximum Gasteiger partial charge on any atom is 0.222 e. The van der Waals surface area contributed by atoms with Crippen LogP contribution in [0.25, 0.3) is 0 Å². The molecule has 3 N–H and O–H groups in total. The average Bonchev–Trinajstić information content (AvgIpc) is 3.16. The maximum absolute atomic E-state index is 12.8. The predicted octanol–water partition coefficient (Wildman–Crippen LogP) is 3.79. The molecule has 0 aliphatic heterocycles. The molecule has 4 fully saturated rings. The molecule has 0 aromatic carbocycles. The van der Waals surface area contributed by atoms with E-state index in [9.17, 15) is 25.3 Å². The molecule has 0 radical (unpaired) electrons. The van der Waals surface area contributed by atoms with Gasteiger partial charge in [-0.3, -0.25) is 4.79 Å². The molecular formula is C30H54N2O5. The third kappa shape index (κ3) is 5.50. The van der Waals surface area contributed by atoms with Crippen LogP contribution in [-0.4, -0.2) is 83.3 Å². The number of hydrogen-bond donors (Lipinski definition) is 3. The van der Waals surface area contributed by atoms with Crippen molar-refractivity contribution in [2.24, 2.45) is 46.3 Å². The minimum absolute atomic E-state index is 0.0896. The largest absolute Gasteiger partial charge is 0.633 e. The van der Waals surface area contributed by atoms with E-state index in [1.165, 1.54) is 0 Å². The van der Waals surface area contributed by atoms with Crippen LogP contribution in [0.4, 0.5) is 0 Å². The second-order valence-electron chi connectivity index (χ2n) is 14.5. The molecule has 1 unspecified atom stereocenters. The summed E-state index contributed by atoms with van der Waals surface area (Å²) in [6.07, 6.45) is 7.23. The van der Waals surface area contributed by atoms with Crippen molar-refractivity contribution in [1.29, 1.82) is 0 Å². The second kappa shape index (κ2) is 10.7. The number of hydrogen-bond acceptors (Lipinski definition) is 5. The Kier molecular flexibility index (Phi) is 8.45. The Labute approximate surface area is 224 Å². The molecule has 0 aromatic heterocycles. The minimum atomic E-state index is -0.393. The Morgan fingerprint density at radius 1 is 1.08 bits per heavy atom. The van der Waals surface area contributed by atoms with Crippen LogP contribution in [0.3, 0.4) is 0 Å². The molecule has 7 nitrogen and oxygen atoms in total. The smallest absolute Gasteiger partial charge is 0.222 e. The van der Waals surface area contributed by atoms with Crippen LogP contribution in [-0.2, 0) is 4.79 Å². The number of rotatable bonds is 8. The molecular weight excluding hydrogens is 468 g/mol. The SMILES string of the molecule is C[C@H](CCC(=O)N(C)CCC[N+](C)(C)[O-])[C@H]1CCC2[C@@H]3[C@H](O)C[C@@H]4C[C@H](O)CC[C@]4(C)[C@H]3C[C@H](O)[C@@]21C. The van der Waals surface area contributed by atoms with Gasteiger partial charge in [-0.15, -0.1) is 0 Å². The highest BCUT2D eigenvalue weighted by molar-refractivity contribution is 5.75. The third-order valence-electron chi connectivity index (χ3n) is 12.0. The van der Waals surface area contributed by atoms with Gasteiger partial charge in [-0.05, 0) is 97.7 Å². The average molecular weight is 523 g/mol. The fourth-order valence-electron chi connectivity index (χ4n) is 9.69. The van der Waals surface area contributed by atoms with E-state index in [-0.39, 0.29) is 39.5 Å². The molecule has 0 bridgehead atoms. The predicted molar refractivity (Wildman–Crippen MR) is 145 cm³/mol. The van der Waals surface area contributed by atoms with Crippen LogP contribution in [0.5, 0.6) is 0 Å². The van der Waals surface area contributed by atoms with Gasteiger partial charge in [-0.1, -0.05) is 20.8 Å². The summed E-state index contributed by atoms with van der Waals surface area (Å²) in [7, 11) is 5.09. The summed E-state index contributed by atoms with van der Waals surface area (Å²) in [4.78, 5) is 14.6. The molecule has 4 rings (SSSR count). The summed E-state index contributed by atoms with van der Waals surface area (Å²) < 4.78 is -0.332. The minimum Gasteiger partial charge on any atom is -0.633 e. The molecule has 214 valence electrons. The first-order valence-electron chi connectivity index (χ1n) is 15.0. The fourth-order valence-corrected chi connectivity index (χ4v) is 9.69. The van der Waals surface area contributed by atoms with Crippen LogP contribution in [0.2, 0.25) is 0 Å². The first kappa shape index (κ1) is 29.3. The number of hydroxylamine groups is 3. The molecule has 37 heavy (non-hydrogen) atoms. The zero-order chi connectivity index (χ0) is 27.3. The third-order valence-corrected chi connectivity index (χ3v) is 12.0. The van der Waals surface area contributed by atoms with Crippen LogP contribution in [0, 0.1) is 51.5 Å². The van der Waals surface area contributed by atoms with Gasteiger partial charge >= 0.3 is 0 Å². The Bertz CT molecular complexity index is 816. The molecule has 4 aliphatic carbocycles. The second-order valence-corrected chi connectivity index (χ2v) is 14.5. The van der Waals surface area contributed by atoms with Gasteiger partial charge in [0.15, 0.2) is 0 Å². The molecule has 0 heterocycles. The van der Waals surface area contributed by atoms with Crippen LogP contribution < -0.4 is 0 Å². The molecule has 7 heteroatoms. The number of carbonyl (C=O) groups is 1. The highest BCUT2D eigenvalue weighted by Gasteiger charge is 2.65. The summed E-state index contributed by atoms with van der Waals surface area (Å²) in [6, 6.07) is 0. The van der Waals surface area contributed by atoms with Gasteiger partial charge in [-0.25, -0.2) is 0 Å². The Balaban J connectivity index is 1.40. The van der Waals surface area contributed by atoms with E-state index < -0.39 is 6.10 Å². The van der Waals surface area contributed by atoms with Gasteiger partial charge in [0.25, 0.3) is 0 Å². The van der Waals surface area contributed by atoms with Crippen molar-refractivity contribution >= 4 is 5.91 Å². The normalized spacial score (nSPS) is 44.5. The highest BCUT2D eigenvalue weighted by Crippen LogP contribution is 2.68. The summed E-state index contributed by atoms with van der Waals surface area (Å²) in [6.45, 7) is 8.00. The Morgan fingerprint density at radius 3 is 2.46 bits per heavy atom. The van der Waals surface area contributed by atoms with Gasteiger partial charge in [0.2, 0.25) is 5.91 Å². The summed E-state index contributed by atoms with van der Waals surface area (Å²) in [5.41, 5.74) is -0.141. The Morgan fingerprint density at radius 2 is 1.78 bits per heavy atom. The van der Waals surface area contributed by atoms with Crippen molar-refractivity contribution in [2.45, 2.75) is 103 Å². The quantitative estimate of drug-likeness (QED) is 0.332. The van der Waals surface area contributed by atoms with Crippen LogP contribution >= 0.6 is 0 Å². The highest BCUT2D eigenvalue weighted by atomic mass is 16.5. The molecule has 11 atom stereocenters. The van der Waals surface area contributed by atoms with Crippen molar-refractivity contribution < 1.29 is 24.8 Å². The summed E-state index contributed by atoms with van der Waals surface area (Å²) >= 11 is 0. The molecule has 1 amide bonds. The zero-order valence-corrected chi connectivity index (χ0v) is 24.2. The van der Waals surface area contributed by atoms with E-state index in [1.54, 1.807) is 19.0 Å². The van der Waals surface area contributed by atoms with Crippen molar-refractivity contribution in [2.75, 3.05) is 34.2 Å².